The smallest absolute Gasteiger partial charge is 0.224 e. The van der Waals surface area contributed by atoms with E-state index in [0.717, 1.165) is 23.8 Å². The van der Waals surface area contributed by atoms with E-state index in [-0.39, 0.29) is 5.28 Å². The molecule has 0 amide bonds. The standard InChI is InChI=1S/C9H11ClN6/c1-6-4-8(15-9(10)14-6)11-3-2-7-12-5-13-16-7/h4-5H,2-3H2,1H3,(H,11,14,15)(H,12,13,16). The molecule has 0 unspecified atom stereocenters. The molecule has 0 aliphatic heterocycles. The molecule has 84 valence electrons. The van der Waals surface area contributed by atoms with E-state index < -0.39 is 0 Å². The zero-order valence-electron chi connectivity index (χ0n) is 8.74. The van der Waals surface area contributed by atoms with Crippen LogP contribution in [0.1, 0.15) is 11.5 Å². The lowest BCUT2D eigenvalue weighted by Crippen LogP contribution is -2.08. The van der Waals surface area contributed by atoms with Gasteiger partial charge in [-0.15, -0.1) is 0 Å². The molecule has 2 aromatic rings. The van der Waals surface area contributed by atoms with Crippen LogP contribution in [0.5, 0.6) is 0 Å². The topological polar surface area (TPSA) is 79.4 Å². The summed E-state index contributed by atoms with van der Waals surface area (Å²) in [5, 5.41) is 9.94. The number of aromatic nitrogens is 5. The van der Waals surface area contributed by atoms with E-state index in [0.29, 0.717) is 6.54 Å². The summed E-state index contributed by atoms with van der Waals surface area (Å²) in [6.07, 6.45) is 2.24. The Hall–Kier alpha value is -1.69. The highest BCUT2D eigenvalue weighted by Gasteiger charge is 2.00. The Morgan fingerprint density at radius 2 is 2.31 bits per heavy atom. The van der Waals surface area contributed by atoms with Crippen LogP contribution in [0.15, 0.2) is 12.4 Å². The lowest BCUT2D eigenvalue weighted by atomic mass is 10.4. The van der Waals surface area contributed by atoms with E-state index in [1.807, 2.05) is 13.0 Å². The fourth-order valence-corrected chi connectivity index (χ4v) is 1.51. The molecule has 0 aromatic carbocycles. The van der Waals surface area contributed by atoms with Gasteiger partial charge in [0, 0.05) is 24.7 Å². The Balaban J connectivity index is 1.89. The van der Waals surface area contributed by atoms with Crippen molar-refractivity contribution in [3.05, 3.63) is 29.2 Å². The van der Waals surface area contributed by atoms with E-state index in [2.05, 4.69) is 30.5 Å². The highest BCUT2D eigenvalue weighted by molar-refractivity contribution is 6.28. The maximum atomic E-state index is 5.74. The maximum absolute atomic E-state index is 5.74. The number of anilines is 1. The van der Waals surface area contributed by atoms with Crippen molar-refractivity contribution in [2.24, 2.45) is 0 Å². The highest BCUT2D eigenvalue weighted by Crippen LogP contribution is 2.09. The second-order valence-electron chi connectivity index (χ2n) is 3.27. The van der Waals surface area contributed by atoms with Crippen LogP contribution in [0.3, 0.4) is 0 Å². The summed E-state index contributed by atoms with van der Waals surface area (Å²) in [5.74, 6) is 1.56. The van der Waals surface area contributed by atoms with Crippen LogP contribution >= 0.6 is 11.6 Å². The van der Waals surface area contributed by atoms with Gasteiger partial charge in [0.1, 0.15) is 18.0 Å². The monoisotopic (exact) mass is 238 g/mol. The Morgan fingerprint density at radius 3 is 3.00 bits per heavy atom. The molecule has 0 aliphatic rings. The third-order valence-corrected chi connectivity index (χ3v) is 2.13. The van der Waals surface area contributed by atoms with Crippen LogP contribution in [-0.4, -0.2) is 31.7 Å². The quantitative estimate of drug-likeness (QED) is 0.783. The maximum Gasteiger partial charge on any atom is 0.224 e. The minimum Gasteiger partial charge on any atom is -0.369 e. The molecule has 6 nitrogen and oxygen atoms in total. The van der Waals surface area contributed by atoms with E-state index >= 15 is 0 Å². The molecule has 0 atom stereocenters. The first kappa shape index (κ1) is 10.8. The van der Waals surface area contributed by atoms with Crippen LogP contribution in [0.25, 0.3) is 0 Å². The Bertz CT molecular complexity index is 435. The van der Waals surface area contributed by atoms with Crippen molar-refractivity contribution in [2.75, 3.05) is 11.9 Å². The van der Waals surface area contributed by atoms with Gasteiger partial charge in [0.25, 0.3) is 0 Å². The summed E-state index contributed by atoms with van der Waals surface area (Å²) in [4.78, 5) is 12.0. The average molecular weight is 239 g/mol. The van der Waals surface area contributed by atoms with Crippen molar-refractivity contribution in [1.82, 2.24) is 25.1 Å². The van der Waals surface area contributed by atoms with Gasteiger partial charge in [-0.2, -0.15) is 5.10 Å². The molecule has 0 fully saturated rings. The summed E-state index contributed by atoms with van der Waals surface area (Å²) in [5.41, 5.74) is 0.835. The summed E-state index contributed by atoms with van der Waals surface area (Å²) in [6, 6.07) is 1.84. The number of aromatic amines is 1. The zero-order valence-corrected chi connectivity index (χ0v) is 9.49. The number of halogens is 1. The first-order valence-electron chi connectivity index (χ1n) is 4.83. The van der Waals surface area contributed by atoms with Crippen molar-refractivity contribution in [1.29, 1.82) is 0 Å². The van der Waals surface area contributed by atoms with Gasteiger partial charge in [-0.1, -0.05) is 0 Å². The molecule has 0 bridgehead atoms. The molecule has 7 heteroatoms. The van der Waals surface area contributed by atoms with Crippen LogP contribution < -0.4 is 5.32 Å². The summed E-state index contributed by atoms with van der Waals surface area (Å²) >= 11 is 5.74. The van der Waals surface area contributed by atoms with E-state index in [1.165, 1.54) is 6.33 Å². The van der Waals surface area contributed by atoms with Gasteiger partial charge in [0.15, 0.2) is 0 Å². The van der Waals surface area contributed by atoms with E-state index in [9.17, 15) is 0 Å². The van der Waals surface area contributed by atoms with Crippen LogP contribution in [-0.2, 0) is 6.42 Å². The first-order valence-corrected chi connectivity index (χ1v) is 5.21. The van der Waals surface area contributed by atoms with Crippen LogP contribution in [0, 0.1) is 6.92 Å². The molecule has 0 saturated heterocycles. The normalized spacial score (nSPS) is 10.4. The van der Waals surface area contributed by atoms with E-state index in [1.54, 1.807) is 0 Å². The Morgan fingerprint density at radius 1 is 1.44 bits per heavy atom. The average Bonchev–Trinajstić information content (AvgIpc) is 2.69. The minimum absolute atomic E-state index is 0.252. The second kappa shape index (κ2) is 4.89. The molecule has 16 heavy (non-hydrogen) atoms. The number of aryl methyl sites for hydroxylation is 1. The molecule has 0 saturated carbocycles. The summed E-state index contributed by atoms with van der Waals surface area (Å²) in [7, 11) is 0. The van der Waals surface area contributed by atoms with Gasteiger partial charge in [0.2, 0.25) is 5.28 Å². The summed E-state index contributed by atoms with van der Waals surface area (Å²) < 4.78 is 0. The lowest BCUT2D eigenvalue weighted by Gasteiger charge is -2.04. The largest absolute Gasteiger partial charge is 0.369 e. The fraction of sp³-hybridized carbons (Fsp3) is 0.333. The molecule has 2 heterocycles. The van der Waals surface area contributed by atoms with Gasteiger partial charge in [-0.3, -0.25) is 5.10 Å². The molecule has 2 rings (SSSR count). The van der Waals surface area contributed by atoms with E-state index in [4.69, 9.17) is 11.6 Å². The van der Waals surface area contributed by atoms with Gasteiger partial charge in [-0.05, 0) is 18.5 Å². The highest BCUT2D eigenvalue weighted by atomic mass is 35.5. The molecule has 0 radical (unpaired) electrons. The Kier molecular flexibility index (Phi) is 3.31. The number of H-pyrrole nitrogens is 1. The van der Waals surface area contributed by atoms with Gasteiger partial charge >= 0.3 is 0 Å². The Labute approximate surface area is 97.5 Å². The van der Waals surface area contributed by atoms with Crippen molar-refractivity contribution < 1.29 is 0 Å². The number of hydrogen-bond donors (Lipinski definition) is 2. The van der Waals surface area contributed by atoms with Crippen molar-refractivity contribution in [3.63, 3.8) is 0 Å². The molecule has 0 spiro atoms. The third kappa shape index (κ3) is 2.90. The van der Waals surface area contributed by atoms with Crippen molar-refractivity contribution in [2.45, 2.75) is 13.3 Å². The molecule has 2 N–H and O–H groups in total. The van der Waals surface area contributed by atoms with Crippen LogP contribution in [0.4, 0.5) is 5.82 Å². The zero-order chi connectivity index (χ0) is 11.4. The minimum atomic E-state index is 0.252. The number of rotatable bonds is 4. The fourth-order valence-electron chi connectivity index (χ4n) is 1.28. The van der Waals surface area contributed by atoms with Gasteiger partial charge in [0.05, 0.1) is 0 Å². The SMILES string of the molecule is Cc1cc(NCCc2ncn[nH]2)nc(Cl)n1. The molecular formula is C9H11ClN6. The lowest BCUT2D eigenvalue weighted by molar-refractivity contribution is 0.895. The van der Waals surface area contributed by atoms with Gasteiger partial charge in [-0.25, -0.2) is 15.0 Å². The number of nitrogens with one attached hydrogen (secondary N) is 2. The predicted molar refractivity (Wildman–Crippen MR) is 60.4 cm³/mol. The molecule has 2 aromatic heterocycles. The first-order chi connectivity index (χ1) is 7.74. The van der Waals surface area contributed by atoms with Crippen molar-refractivity contribution >= 4 is 17.4 Å². The molecular weight excluding hydrogens is 228 g/mol. The van der Waals surface area contributed by atoms with Crippen LogP contribution in [0.2, 0.25) is 5.28 Å². The molecule has 0 aliphatic carbocycles. The van der Waals surface area contributed by atoms with Gasteiger partial charge < -0.3 is 5.32 Å². The van der Waals surface area contributed by atoms with Crippen molar-refractivity contribution in [3.8, 4) is 0 Å². The second-order valence-corrected chi connectivity index (χ2v) is 3.61. The third-order valence-electron chi connectivity index (χ3n) is 1.96. The number of nitrogens with zero attached hydrogens (tertiary/aromatic N) is 4. The predicted octanol–water partition coefficient (Wildman–Crippen LogP) is 1.21. The summed E-state index contributed by atoms with van der Waals surface area (Å²) in [6.45, 7) is 2.58. The number of hydrogen-bond acceptors (Lipinski definition) is 5.